The molecule has 142 valence electrons. The van der Waals surface area contributed by atoms with Crippen molar-refractivity contribution in [3.8, 4) is 0 Å². The third-order valence-electron chi connectivity index (χ3n) is 5.11. The van der Waals surface area contributed by atoms with Gasteiger partial charge in [-0.15, -0.1) is 4.40 Å². The van der Waals surface area contributed by atoms with Crippen LogP contribution in [-0.4, -0.2) is 50.1 Å². The van der Waals surface area contributed by atoms with Gasteiger partial charge in [-0.25, -0.2) is 0 Å². The second-order valence-electron chi connectivity index (χ2n) is 6.92. The standard InChI is InChI=1S/C19H21N3O4S/c1-21(13-15-5-4-12-26-15)19(23)14-8-10-22(11-9-14)18-16-6-2-3-7-17(16)27(24,25)20-18/h2-7,12,14H,8-11,13H2,1H3. The fourth-order valence-corrected chi connectivity index (χ4v) is 4.91. The number of amidine groups is 1. The molecule has 2 aromatic rings. The number of amides is 1. The van der Waals surface area contributed by atoms with E-state index in [-0.39, 0.29) is 16.7 Å². The van der Waals surface area contributed by atoms with Gasteiger partial charge in [-0.3, -0.25) is 4.79 Å². The number of nitrogens with zero attached hydrogens (tertiary/aromatic N) is 3. The minimum atomic E-state index is -3.62. The van der Waals surface area contributed by atoms with Crippen LogP contribution in [-0.2, 0) is 21.4 Å². The van der Waals surface area contributed by atoms with E-state index in [1.807, 2.05) is 17.0 Å². The third-order valence-corrected chi connectivity index (χ3v) is 6.43. The highest BCUT2D eigenvalue weighted by Gasteiger charge is 2.35. The zero-order valence-electron chi connectivity index (χ0n) is 15.0. The van der Waals surface area contributed by atoms with Gasteiger partial charge in [0.05, 0.1) is 12.8 Å². The maximum atomic E-state index is 12.7. The molecule has 0 aliphatic carbocycles. The summed E-state index contributed by atoms with van der Waals surface area (Å²) in [5, 5.41) is 0. The summed E-state index contributed by atoms with van der Waals surface area (Å²) >= 11 is 0. The van der Waals surface area contributed by atoms with Gasteiger partial charge in [0.2, 0.25) is 5.91 Å². The van der Waals surface area contributed by atoms with Crippen LogP contribution in [0.1, 0.15) is 24.2 Å². The number of piperidine rings is 1. The fraction of sp³-hybridized carbons (Fsp3) is 0.368. The average molecular weight is 387 g/mol. The largest absolute Gasteiger partial charge is 0.467 e. The smallest absolute Gasteiger partial charge is 0.285 e. The lowest BCUT2D eigenvalue weighted by Crippen LogP contribution is -2.43. The topological polar surface area (TPSA) is 83.2 Å². The van der Waals surface area contributed by atoms with E-state index in [2.05, 4.69) is 4.40 Å². The van der Waals surface area contributed by atoms with Gasteiger partial charge >= 0.3 is 0 Å². The molecule has 0 bridgehead atoms. The van der Waals surface area contributed by atoms with Crippen molar-refractivity contribution in [1.29, 1.82) is 0 Å². The van der Waals surface area contributed by atoms with E-state index in [9.17, 15) is 13.2 Å². The molecule has 0 unspecified atom stereocenters. The minimum Gasteiger partial charge on any atom is -0.467 e. The monoisotopic (exact) mass is 387 g/mol. The van der Waals surface area contributed by atoms with Gasteiger partial charge in [0.15, 0.2) is 5.84 Å². The first-order chi connectivity index (χ1) is 13.0. The van der Waals surface area contributed by atoms with Crippen LogP contribution in [0.4, 0.5) is 0 Å². The second-order valence-corrected chi connectivity index (χ2v) is 8.49. The van der Waals surface area contributed by atoms with Gasteiger partial charge in [-0.05, 0) is 37.1 Å². The molecule has 0 N–H and O–H groups in total. The van der Waals surface area contributed by atoms with Crippen LogP contribution in [0.25, 0.3) is 0 Å². The Hall–Kier alpha value is -2.61. The Morgan fingerprint density at radius 2 is 1.96 bits per heavy atom. The van der Waals surface area contributed by atoms with Crippen molar-refractivity contribution in [3.05, 3.63) is 54.0 Å². The minimum absolute atomic E-state index is 0.0740. The molecule has 3 heterocycles. The number of likely N-dealkylation sites (tertiary alicyclic amines) is 1. The van der Waals surface area contributed by atoms with E-state index in [4.69, 9.17) is 4.42 Å². The summed E-state index contributed by atoms with van der Waals surface area (Å²) in [5.74, 6) is 1.27. The molecule has 8 heteroatoms. The number of furan rings is 1. The van der Waals surface area contributed by atoms with Crippen molar-refractivity contribution in [2.24, 2.45) is 10.3 Å². The maximum Gasteiger partial charge on any atom is 0.285 e. The predicted octanol–water partition coefficient (Wildman–Crippen LogP) is 2.10. The number of carbonyl (C=O) groups excluding carboxylic acids is 1. The molecule has 1 saturated heterocycles. The van der Waals surface area contributed by atoms with Gasteiger partial charge in [-0.1, -0.05) is 12.1 Å². The summed E-state index contributed by atoms with van der Waals surface area (Å²) in [6, 6.07) is 10.5. The third kappa shape index (κ3) is 3.37. The molecule has 1 aromatic carbocycles. The van der Waals surface area contributed by atoms with Crippen LogP contribution in [0.5, 0.6) is 0 Å². The summed E-state index contributed by atoms with van der Waals surface area (Å²) in [6.45, 7) is 1.66. The van der Waals surface area contributed by atoms with Crippen LogP contribution in [0, 0.1) is 5.92 Å². The number of benzene rings is 1. The summed E-state index contributed by atoms with van der Waals surface area (Å²) in [7, 11) is -1.84. The molecule has 27 heavy (non-hydrogen) atoms. The molecule has 1 aromatic heterocycles. The molecule has 0 saturated carbocycles. The molecule has 4 rings (SSSR count). The van der Waals surface area contributed by atoms with E-state index in [1.54, 1.807) is 42.5 Å². The highest BCUT2D eigenvalue weighted by molar-refractivity contribution is 7.90. The lowest BCUT2D eigenvalue weighted by Gasteiger charge is -2.34. The van der Waals surface area contributed by atoms with Gasteiger partial charge in [-0.2, -0.15) is 8.42 Å². The highest BCUT2D eigenvalue weighted by atomic mass is 32.2. The normalized spacial score (nSPS) is 18.9. The molecule has 0 atom stereocenters. The SMILES string of the molecule is CN(Cc1ccco1)C(=O)C1CCN(C2=NS(=O)(=O)c3ccccc32)CC1. The van der Waals surface area contributed by atoms with E-state index < -0.39 is 10.0 Å². The molecule has 7 nitrogen and oxygen atoms in total. The number of carbonyl (C=O) groups is 1. The van der Waals surface area contributed by atoms with Gasteiger partial charge in [0, 0.05) is 31.6 Å². The predicted molar refractivity (Wildman–Crippen MR) is 99.6 cm³/mol. The van der Waals surface area contributed by atoms with Crippen molar-refractivity contribution >= 4 is 21.8 Å². The summed E-state index contributed by atoms with van der Waals surface area (Å²) in [6.07, 6.45) is 2.94. The van der Waals surface area contributed by atoms with Crippen molar-refractivity contribution in [1.82, 2.24) is 9.80 Å². The molecule has 0 radical (unpaired) electrons. The Bertz CT molecular complexity index is 974. The Labute approximate surface area is 158 Å². The van der Waals surface area contributed by atoms with Crippen LogP contribution < -0.4 is 0 Å². The fourth-order valence-electron chi connectivity index (χ4n) is 3.68. The summed E-state index contributed by atoms with van der Waals surface area (Å²) in [5.41, 5.74) is 0.650. The molecule has 2 aliphatic heterocycles. The molecular formula is C19H21N3O4S. The Kier molecular flexibility index (Phi) is 4.51. The first-order valence-corrected chi connectivity index (χ1v) is 10.4. The second kappa shape index (κ2) is 6.84. The van der Waals surface area contributed by atoms with E-state index in [0.29, 0.717) is 43.9 Å². The number of hydrogen-bond donors (Lipinski definition) is 0. The van der Waals surface area contributed by atoms with Crippen LogP contribution >= 0.6 is 0 Å². The lowest BCUT2D eigenvalue weighted by atomic mass is 9.94. The van der Waals surface area contributed by atoms with Crippen LogP contribution in [0.2, 0.25) is 0 Å². The van der Waals surface area contributed by atoms with E-state index in [0.717, 1.165) is 5.76 Å². The van der Waals surface area contributed by atoms with Crippen molar-refractivity contribution in [2.45, 2.75) is 24.3 Å². The Morgan fingerprint density at radius 1 is 1.22 bits per heavy atom. The molecule has 1 amide bonds. The first kappa shape index (κ1) is 17.8. The molecule has 2 aliphatic rings. The Morgan fingerprint density at radius 3 is 2.67 bits per heavy atom. The van der Waals surface area contributed by atoms with Gasteiger partial charge in [0.1, 0.15) is 10.7 Å². The molecule has 0 spiro atoms. The Balaban J connectivity index is 1.42. The van der Waals surface area contributed by atoms with Crippen LogP contribution in [0.3, 0.4) is 0 Å². The van der Waals surface area contributed by atoms with Gasteiger partial charge < -0.3 is 14.2 Å². The number of hydrogen-bond acceptors (Lipinski definition) is 5. The average Bonchev–Trinajstić information content (AvgIpc) is 3.27. The number of rotatable bonds is 3. The van der Waals surface area contributed by atoms with Crippen LogP contribution in [0.15, 0.2) is 56.4 Å². The van der Waals surface area contributed by atoms with E-state index >= 15 is 0 Å². The number of fused-ring (bicyclic) bond motifs is 1. The van der Waals surface area contributed by atoms with Gasteiger partial charge in [0.25, 0.3) is 10.0 Å². The van der Waals surface area contributed by atoms with E-state index in [1.165, 1.54) is 0 Å². The van der Waals surface area contributed by atoms with Crippen molar-refractivity contribution in [3.63, 3.8) is 0 Å². The quantitative estimate of drug-likeness (QED) is 0.805. The number of sulfonamides is 1. The first-order valence-electron chi connectivity index (χ1n) is 8.92. The summed E-state index contributed by atoms with van der Waals surface area (Å²) < 4.78 is 33.7. The highest BCUT2D eigenvalue weighted by Crippen LogP contribution is 2.30. The van der Waals surface area contributed by atoms with Crippen molar-refractivity contribution in [2.75, 3.05) is 20.1 Å². The summed E-state index contributed by atoms with van der Waals surface area (Å²) in [4.78, 5) is 16.6. The maximum absolute atomic E-state index is 12.7. The zero-order chi connectivity index (χ0) is 19.0. The van der Waals surface area contributed by atoms with Crippen molar-refractivity contribution < 1.29 is 17.6 Å². The zero-order valence-corrected chi connectivity index (χ0v) is 15.9. The lowest BCUT2D eigenvalue weighted by molar-refractivity contribution is -0.136. The molecular weight excluding hydrogens is 366 g/mol. The molecule has 1 fully saturated rings.